The zero-order valence-electron chi connectivity index (χ0n) is 13.3. The summed E-state index contributed by atoms with van der Waals surface area (Å²) in [5.74, 6) is 0.228. The summed E-state index contributed by atoms with van der Waals surface area (Å²) in [4.78, 5) is 0. The molecule has 0 aromatic heterocycles. The Morgan fingerprint density at radius 1 is 1.05 bits per heavy atom. The maximum atomic E-state index is 6.11. The van der Waals surface area contributed by atoms with E-state index in [0.29, 0.717) is 6.61 Å². The highest BCUT2D eigenvalue weighted by molar-refractivity contribution is 5.92. The van der Waals surface area contributed by atoms with E-state index in [1.165, 1.54) is 22.3 Å². The van der Waals surface area contributed by atoms with Crippen LogP contribution in [0.3, 0.4) is 0 Å². The van der Waals surface area contributed by atoms with E-state index >= 15 is 0 Å². The van der Waals surface area contributed by atoms with Gasteiger partial charge in [-0.1, -0.05) is 66.7 Å². The van der Waals surface area contributed by atoms with Crippen LogP contribution in [-0.2, 0) is 4.74 Å². The Kier molecular flexibility index (Phi) is 4.00. The quantitative estimate of drug-likeness (QED) is 0.678. The van der Waals surface area contributed by atoms with E-state index in [4.69, 9.17) is 4.74 Å². The van der Waals surface area contributed by atoms with Gasteiger partial charge in [0.1, 0.15) is 0 Å². The molecule has 0 N–H and O–H groups in total. The predicted octanol–water partition coefficient (Wildman–Crippen LogP) is 5.31. The van der Waals surface area contributed by atoms with E-state index < -0.39 is 0 Å². The van der Waals surface area contributed by atoms with Gasteiger partial charge in [0.05, 0.1) is 12.2 Å². The van der Waals surface area contributed by atoms with Gasteiger partial charge in [0.2, 0.25) is 0 Å². The summed E-state index contributed by atoms with van der Waals surface area (Å²) in [5.41, 5.74) is 4.94. The van der Waals surface area contributed by atoms with Crippen LogP contribution in [0, 0.1) is 0 Å². The Bertz CT molecular complexity index is 695. The average Bonchev–Trinajstić information content (AvgIpc) is 2.94. The smallest absolute Gasteiger partial charge is 0.0739 e. The van der Waals surface area contributed by atoms with E-state index in [1.54, 1.807) is 0 Å². The summed E-state index contributed by atoms with van der Waals surface area (Å²) >= 11 is 0. The molecular weight excluding hydrogens is 268 g/mol. The lowest BCUT2D eigenvalue weighted by Crippen LogP contribution is -2.33. The molecule has 2 aromatic rings. The third-order valence-electron chi connectivity index (χ3n) is 4.30. The maximum absolute atomic E-state index is 6.11. The van der Waals surface area contributed by atoms with Crippen molar-refractivity contribution in [2.24, 2.45) is 0 Å². The highest BCUT2D eigenvalue weighted by Gasteiger charge is 2.38. The largest absolute Gasteiger partial charge is 0.371 e. The summed E-state index contributed by atoms with van der Waals surface area (Å²) in [6, 6.07) is 19.2. The average molecular weight is 290 g/mol. The second-order valence-corrected chi connectivity index (χ2v) is 6.23. The van der Waals surface area contributed by atoms with Gasteiger partial charge in [-0.15, -0.1) is 6.58 Å². The van der Waals surface area contributed by atoms with Crippen molar-refractivity contribution in [3.8, 4) is 0 Å². The Hall–Kier alpha value is -2.12. The third kappa shape index (κ3) is 2.65. The minimum atomic E-state index is -0.289. The lowest BCUT2D eigenvalue weighted by Gasteiger charge is -2.34. The molecule has 0 heterocycles. The topological polar surface area (TPSA) is 9.23 Å². The van der Waals surface area contributed by atoms with Crippen LogP contribution < -0.4 is 0 Å². The van der Waals surface area contributed by atoms with Crippen molar-refractivity contribution in [2.75, 3.05) is 6.61 Å². The van der Waals surface area contributed by atoms with Crippen LogP contribution in [0.5, 0.6) is 0 Å². The van der Waals surface area contributed by atoms with Gasteiger partial charge < -0.3 is 4.74 Å². The first kappa shape index (κ1) is 14.8. The third-order valence-corrected chi connectivity index (χ3v) is 4.30. The molecule has 1 heteroatoms. The molecule has 1 unspecified atom stereocenters. The molecule has 0 radical (unpaired) electrons. The van der Waals surface area contributed by atoms with Gasteiger partial charge in [0, 0.05) is 5.92 Å². The molecule has 0 amide bonds. The summed E-state index contributed by atoms with van der Waals surface area (Å²) in [6.45, 7) is 8.67. The van der Waals surface area contributed by atoms with Crippen LogP contribution in [0.15, 0.2) is 67.3 Å². The van der Waals surface area contributed by atoms with E-state index in [2.05, 4.69) is 81.1 Å². The number of benzene rings is 2. The molecule has 22 heavy (non-hydrogen) atoms. The Morgan fingerprint density at radius 2 is 1.73 bits per heavy atom. The molecule has 1 atom stereocenters. The molecule has 1 nitrogen and oxygen atoms in total. The molecule has 1 aliphatic carbocycles. The van der Waals surface area contributed by atoms with Gasteiger partial charge in [-0.05, 0) is 36.1 Å². The number of hydrogen-bond donors (Lipinski definition) is 0. The molecule has 112 valence electrons. The number of fused-ring (bicyclic) bond motifs is 1. The van der Waals surface area contributed by atoms with E-state index in [9.17, 15) is 0 Å². The van der Waals surface area contributed by atoms with Gasteiger partial charge in [0.15, 0.2) is 0 Å². The highest BCUT2D eigenvalue weighted by atomic mass is 16.5. The Labute approximate surface area is 133 Å². The monoisotopic (exact) mass is 290 g/mol. The molecule has 0 saturated heterocycles. The first-order chi connectivity index (χ1) is 10.6. The van der Waals surface area contributed by atoms with Crippen molar-refractivity contribution < 1.29 is 4.74 Å². The van der Waals surface area contributed by atoms with Crippen molar-refractivity contribution in [2.45, 2.75) is 25.4 Å². The maximum Gasteiger partial charge on any atom is 0.0739 e. The van der Waals surface area contributed by atoms with Crippen molar-refractivity contribution in [3.63, 3.8) is 0 Å². The van der Waals surface area contributed by atoms with Gasteiger partial charge in [0.25, 0.3) is 0 Å². The normalized spacial score (nSPS) is 17.0. The molecule has 0 aliphatic heterocycles. The molecule has 0 fully saturated rings. The van der Waals surface area contributed by atoms with Crippen LogP contribution >= 0.6 is 0 Å². The Balaban J connectivity index is 2.07. The minimum absolute atomic E-state index is 0.228. The molecule has 1 aliphatic rings. The standard InChI is InChI=1S/C21H22O/c1-4-14-22-21(2,3)20-18-13-9-8-12-17(18)15-19(20)16-10-6-5-7-11-16/h4-13,15,20H,1,14H2,2-3H3. The van der Waals surface area contributed by atoms with Gasteiger partial charge in [-0.2, -0.15) is 0 Å². The van der Waals surface area contributed by atoms with Crippen molar-refractivity contribution in [1.82, 2.24) is 0 Å². The predicted molar refractivity (Wildman–Crippen MR) is 93.7 cm³/mol. The summed E-state index contributed by atoms with van der Waals surface area (Å²) in [7, 11) is 0. The van der Waals surface area contributed by atoms with Crippen molar-refractivity contribution in [3.05, 3.63) is 83.9 Å². The molecule has 0 saturated carbocycles. The van der Waals surface area contributed by atoms with E-state index in [-0.39, 0.29) is 11.5 Å². The molecule has 3 rings (SSSR count). The van der Waals surface area contributed by atoms with Crippen LogP contribution in [-0.4, -0.2) is 12.2 Å². The first-order valence-corrected chi connectivity index (χ1v) is 7.74. The minimum Gasteiger partial charge on any atom is -0.371 e. The first-order valence-electron chi connectivity index (χ1n) is 7.74. The van der Waals surface area contributed by atoms with Gasteiger partial charge in [-0.3, -0.25) is 0 Å². The summed E-state index contributed by atoms with van der Waals surface area (Å²) in [5, 5.41) is 0. The van der Waals surface area contributed by atoms with Gasteiger partial charge >= 0.3 is 0 Å². The number of ether oxygens (including phenoxy) is 1. The zero-order chi connectivity index (χ0) is 15.6. The number of hydrogen-bond acceptors (Lipinski definition) is 1. The van der Waals surface area contributed by atoms with E-state index in [1.807, 2.05) is 6.08 Å². The van der Waals surface area contributed by atoms with Crippen molar-refractivity contribution in [1.29, 1.82) is 0 Å². The van der Waals surface area contributed by atoms with Crippen LogP contribution in [0.25, 0.3) is 11.6 Å². The van der Waals surface area contributed by atoms with Gasteiger partial charge in [-0.25, -0.2) is 0 Å². The highest BCUT2D eigenvalue weighted by Crippen LogP contribution is 2.48. The summed E-state index contributed by atoms with van der Waals surface area (Å²) in [6.07, 6.45) is 4.11. The molecular formula is C21H22O. The summed E-state index contributed by atoms with van der Waals surface area (Å²) < 4.78 is 6.11. The Morgan fingerprint density at radius 3 is 2.45 bits per heavy atom. The van der Waals surface area contributed by atoms with Crippen molar-refractivity contribution >= 4 is 11.6 Å². The zero-order valence-corrected chi connectivity index (χ0v) is 13.3. The molecule has 0 bridgehead atoms. The fraction of sp³-hybridized carbons (Fsp3) is 0.238. The van der Waals surface area contributed by atoms with Crippen LogP contribution in [0.1, 0.15) is 36.5 Å². The molecule has 2 aromatic carbocycles. The van der Waals surface area contributed by atoms with E-state index in [0.717, 1.165) is 0 Å². The SMILES string of the molecule is C=CCOC(C)(C)C1C(c2ccccc2)=Cc2ccccc21. The molecule has 0 spiro atoms. The lowest BCUT2D eigenvalue weighted by molar-refractivity contribution is -0.00896. The number of rotatable bonds is 5. The fourth-order valence-electron chi connectivity index (χ4n) is 3.31. The second kappa shape index (κ2) is 5.94. The second-order valence-electron chi connectivity index (χ2n) is 6.23. The van der Waals surface area contributed by atoms with Crippen LogP contribution in [0.4, 0.5) is 0 Å². The van der Waals surface area contributed by atoms with Crippen LogP contribution in [0.2, 0.25) is 0 Å². The lowest BCUT2D eigenvalue weighted by atomic mass is 9.79. The fourth-order valence-corrected chi connectivity index (χ4v) is 3.31.